The number of pyridine rings is 1. The molecule has 1 aromatic carbocycles. The van der Waals surface area contributed by atoms with Gasteiger partial charge in [-0.2, -0.15) is 13.2 Å². The molecular formula is C26H35F3N2O6. The molecule has 0 aliphatic heterocycles. The van der Waals surface area contributed by atoms with Crippen LogP contribution in [0.25, 0.3) is 11.1 Å². The molecule has 8 nitrogen and oxygen atoms in total. The number of carbonyl (C=O) groups excluding carboxylic acids is 2. The van der Waals surface area contributed by atoms with Gasteiger partial charge in [-0.25, -0.2) is 4.57 Å². The fourth-order valence-corrected chi connectivity index (χ4v) is 2.90. The van der Waals surface area contributed by atoms with Crippen molar-refractivity contribution in [2.45, 2.75) is 31.9 Å². The summed E-state index contributed by atoms with van der Waals surface area (Å²) in [6, 6.07) is 12.0. The highest BCUT2D eigenvalue weighted by atomic mass is 19.4. The van der Waals surface area contributed by atoms with Crippen LogP contribution in [0.15, 0.2) is 48.8 Å². The van der Waals surface area contributed by atoms with Gasteiger partial charge >= 0.3 is 6.18 Å². The van der Waals surface area contributed by atoms with Crippen LogP contribution in [0.1, 0.15) is 36.0 Å². The highest BCUT2D eigenvalue weighted by Gasteiger charge is 2.28. The molecule has 1 aromatic heterocycles. The molecule has 11 heteroatoms. The second kappa shape index (κ2) is 18.4. The van der Waals surface area contributed by atoms with E-state index in [1.54, 1.807) is 0 Å². The largest absolute Gasteiger partial charge is 0.542 e. The van der Waals surface area contributed by atoms with E-state index in [9.17, 15) is 18.0 Å². The normalized spacial score (nSPS) is 11.1. The number of Topliss-reactive ketones (excluding diaryl/α,β-unsaturated/α-hetero) is 1. The third-order valence-electron chi connectivity index (χ3n) is 4.93. The second-order valence-corrected chi connectivity index (χ2v) is 7.97. The number of aliphatic carboxylic acids is 1. The summed E-state index contributed by atoms with van der Waals surface area (Å²) in [5, 5.41) is 8.78. The second-order valence-electron chi connectivity index (χ2n) is 7.97. The SMILES string of the molecule is C[n+]1ccc(-c2ccc(C(=O)CCCCOCCOCCOCCCN)cc2)cc1.O=C([O-])C(F)(F)F. The number of benzene rings is 1. The third-order valence-corrected chi connectivity index (χ3v) is 4.93. The molecular weight excluding hydrogens is 493 g/mol. The number of halogens is 3. The van der Waals surface area contributed by atoms with Crippen LogP contribution in [-0.2, 0) is 26.1 Å². The highest BCUT2D eigenvalue weighted by molar-refractivity contribution is 5.96. The van der Waals surface area contributed by atoms with Crippen LogP contribution < -0.4 is 15.4 Å². The Kier molecular flexibility index (Phi) is 16.0. The first-order chi connectivity index (χ1) is 17.6. The van der Waals surface area contributed by atoms with E-state index in [2.05, 4.69) is 12.1 Å². The molecule has 0 fully saturated rings. The van der Waals surface area contributed by atoms with Crippen molar-refractivity contribution in [1.29, 1.82) is 0 Å². The van der Waals surface area contributed by atoms with Gasteiger partial charge in [-0.05, 0) is 36.9 Å². The maximum atomic E-state index is 12.4. The van der Waals surface area contributed by atoms with Gasteiger partial charge < -0.3 is 29.8 Å². The maximum Gasteiger partial charge on any atom is 0.430 e. The van der Waals surface area contributed by atoms with Gasteiger partial charge in [0, 0.05) is 37.3 Å². The van der Waals surface area contributed by atoms with Gasteiger partial charge in [-0.3, -0.25) is 4.79 Å². The predicted molar refractivity (Wildman–Crippen MR) is 128 cm³/mol. The van der Waals surface area contributed by atoms with Crippen LogP contribution >= 0.6 is 0 Å². The first-order valence-electron chi connectivity index (χ1n) is 12.0. The number of aromatic nitrogens is 1. The predicted octanol–water partition coefficient (Wildman–Crippen LogP) is 2.23. The number of ether oxygens (including phenoxy) is 3. The number of rotatable bonds is 16. The minimum atomic E-state index is -5.19. The number of carboxylic acids is 1. The molecule has 0 unspecified atom stereocenters. The maximum absolute atomic E-state index is 12.4. The summed E-state index contributed by atoms with van der Waals surface area (Å²) >= 11 is 0. The summed E-state index contributed by atoms with van der Waals surface area (Å²) in [5.74, 6) is -2.83. The van der Waals surface area contributed by atoms with Crippen LogP contribution in [-0.4, -0.2) is 64.1 Å². The van der Waals surface area contributed by atoms with Crippen molar-refractivity contribution in [3.8, 4) is 11.1 Å². The lowest BCUT2D eigenvalue weighted by atomic mass is 10.0. The lowest BCUT2D eigenvalue weighted by Crippen LogP contribution is -2.37. The van der Waals surface area contributed by atoms with Gasteiger partial charge in [0.2, 0.25) is 0 Å². The number of ketones is 1. The van der Waals surface area contributed by atoms with Gasteiger partial charge in [0.15, 0.2) is 18.2 Å². The van der Waals surface area contributed by atoms with Crippen molar-refractivity contribution in [3.05, 3.63) is 54.4 Å². The van der Waals surface area contributed by atoms with E-state index in [-0.39, 0.29) is 5.78 Å². The van der Waals surface area contributed by atoms with Crippen molar-refractivity contribution >= 4 is 11.8 Å². The Morgan fingerprint density at radius 2 is 1.27 bits per heavy atom. The minimum Gasteiger partial charge on any atom is -0.542 e. The molecule has 37 heavy (non-hydrogen) atoms. The van der Waals surface area contributed by atoms with Gasteiger partial charge in [0.05, 0.1) is 26.4 Å². The molecule has 0 amide bonds. The average Bonchev–Trinajstić information content (AvgIpc) is 2.87. The van der Waals surface area contributed by atoms with Gasteiger partial charge in [-0.15, -0.1) is 0 Å². The van der Waals surface area contributed by atoms with Gasteiger partial charge in [0.25, 0.3) is 0 Å². The van der Waals surface area contributed by atoms with E-state index in [1.807, 2.05) is 48.3 Å². The smallest absolute Gasteiger partial charge is 0.430 e. The van der Waals surface area contributed by atoms with Gasteiger partial charge in [0.1, 0.15) is 13.0 Å². The average molecular weight is 529 g/mol. The molecule has 2 rings (SSSR count). The van der Waals surface area contributed by atoms with Gasteiger partial charge in [-0.1, -0.05) is 24.3 Å². The zero-order valence-corrected chi connectivity index (χ0v) is 21.0. The van der Waals surface area contributed by atoms with E-state index < -0.39 is 12.1 Å². The summed E-state index contributed by atoms with van der Waals surface area (Å²) in [4.78, 5) is 21.1. The zero-order valence-electron chi connectivity index (χ0n) is 21.0. The fraction of sp³-hybridized carbons (Fsp3) is 0.500. The lowest BCUT2D eigenvalue weighted by molar-refractivity contribution is -0.671. The van der Waals surface area contributed by atoms with Crippen molar-refractivity contribution in [3.63, 3.8) is 0 Å². The molecule has 0 spiro atoms. The Morgan fingerprint density at radius 1 is 0.811 bits per heavy atom. The molecule has 0 saturated heterocycles. The minimum absolute atomic E-state index is 0.180. The molecule has 0 bridgehead atoms. The van der Waals surface area contributed by atoms with Crippen molar-refractivity contribution in [2.24, 2.45) is 12.8 Å². The first kappa shape index (κ1) is 32.2. The van der Waals surface area contributed by atoms with Crippen molar-refractivity contribution in [1.82, 2.24) is 0 Å². The number of carboxylic acid groups (broad SMARTS) is 1. The Bertz CT molecular complexity index is 906. The Labute approximate surface area is 215 Å². The molecule has 0 radical (unpaired) electrons. The Hall–Kier alpha value is -2.86. The summed E-state index contributed by atoms with van der Waals surface area (Å²) < 4.78 is 49.9. The standard InChI is InChI=1S/C24H35N2O4.C2HF3O2/c1-26-13-10-22(11-14-26)21-6-8-23(9-7-21)24(27)5-2-3-15-28-17-19-30-20-18-29-16-4-12-25;3-2(4,5)1(6)7/h6-11,13-14H,2-5,12,15-20,25H2,1H3;(H,6,7)/q+1;/p-1. The molecule has 0 aliphatic rings. The third kappa shape index (κ3) is 15.1. The van der Waals surface area contributed by atoms with E-state index in [0.29, 0.717) is 52.6 Å². The number of nitrogens with two attached hydrogens (primary N) is 1. The number of carbonyl (C=O) groups is 2. The van der Waals surface area contributed by atoms with E-state index in [1.165, 1.54) is 0 Å². The summed E-state index contributed by atoms with van der Waals surface area (Å²) in [6.45, 7) is 4.28. The number of alkyl halides is 3. The molecule has 0 atom stereocenters. The van der Waals surface area contributed by atoms with Crippen LogP contribution in [0.5, 0.6) is 0 Å². The van der Waals surface area contributed by atoms with Crippen LogP contribution in [0.2, 0.25) is 0 Å². The highest BCUT2D eigenvalue weighted by Crippen LogP contribution is 2.19. The lowest BCUT2D eigenvalue weighted by Gasteiger charge is -2.07. The number of aryl methyl sites for hydroxylation is 1. The van der Waals surface area contributed by atoms with E-state index in [4.69, 9.17) is 29.8 Å². The fourth-order valence-electron chi connectivity index (χ4n) is 2.90. The van der Waals surface area contributed by atoms with E-state index >= 15 is 0 Å². The van der Waals surface area contributed by atoms with Crippen LogP contribution in [0.3, 0.4) is 0 Å². The van der Waals surface area contributed by atoms with Crippen molar-refractivity contribution < 1.29 is 46.6 Å². The monoisotopic (exact) mass is 528 g/mol. The summed E-state index contributed by atoms with van der Waals surface area (Å²) in [6.07, 6.45) is 1.95. The topological polar surface area (TPSA) is 115 Å². The number of nitrogens with zero attached hydrogens (tertiary/aromatic N) is 1. The Balaban J connectivity index is 0.000000856. The zero-order chi connectivity index (χ0) is 27.5. The summed E-state index contributed by atoms with van der Waals surface area (Å²) in [5.41, 5.74) is 8.42. The quantitative estimate of drug-likeness (QED) is 0.202. The van der Waals surface area contributed by atoms with Crippen molar-refractivity contribution in [2.75, 3.05) is 46.2 Å². The molecule has 0 aliphatic carbocycles. The molecule has 0 saturated carbocycles. The molecule has 206 valence electrons. The molecule has 2 aromatic rings. The van der Waals surface area contributed by atoms with E-state index in [0.717, 1.165) is 36.0 Å². The molecule has 2 N–H and O–H groups in total. The number of unbranched alkanes of at least 4 members (excludes halogenated alkanes) is 1. The van der Waals surface area contributed by atoms with Crippen LogP contribution in [0, 0.1) is 0 Å². The first-order valence-corrected chi connectivity index (χ1v) is 12.0. The number of hydrogen-bond donors (Lipinski definition) is 1. The Morgan fingerprint density at radius 3 is 1.76 bits per heavy atom. The summed E-state index contributed by atoms with van der Waals surface area (Å²) in [7, 11) is 1.99. The number of hydrogen-bond acceptors (Lipinski definition) is 7. The molecule has 1 heterocycles. The van der Waals surface area contributed by atoms with Crippen LogP contribution in [0.4, 0.5) is 13.2 Å².